The molecule has 0 aliphatic heterocycles. The second kappa shape index (κ2) is 7.96. The van der Waals surface area contributed by atoms with Gasteiger partial charge in [-0.15, -0.1) is 0 Å². The third-order valence-corrected chi connectivity index (χ3v) is 2.90. The molecule has 0 saturated heterocycles. The van der Waals surface area contributed by atoms with Crippen molar-refractivity contribution in [2.75, 3.05) is 20.2 Å². The van der Waals surface area contributed by atoms with E-state index in [1.807, 2.05) is 7.05 Å². The molecular formula is C14H19FN6O. The summed E-state index contributed by atoms with van der Waals surface area (Å²) in [6, 6.07) is 6.05. The Balaban J connectivity index is 1.69. The van der Waals surface area contributed by atoms with Crippen LogP contribution >= 0.6 is 0 Å². The standard InChI is InChI=1S/C14H19FN6O/c1-16-14(18-9-13-19-10-20-21(13)2)17-6-7-22-12-5-3-4-11(15)8-12/h3-5,8,10H,6-7,9H2,1-2H3,(H2,16,17,18). The van der Waals surface area contributed by atoms with Gasteiger partial charge in [-0.1, -0.05) is 6.07 Å². The van der Waals surface area contributed by atoms with Crippen LogP contribution in [0.25, 0.3) is 0 Å². The van der Waals surface area contributed by atoms with Crippen LogP contribution in [-0.2, 0) is 13.6 Å². The van der Waals surface area contributed by atoms with Crippen LogP contribution in [0.3, 0.4) is 0 Å². The summed E-state index contributed by atoms with van der Waals surface area (Å²) >= 11 is 0. The Labute approximate surface area is 128 Å². The molecule has 0 amide bonds. The molecular weight excluding hydrogens is 287 g/mol. The molecule has 1 aromatic heterocycles. The van der Waals surface area contributed by atoms with Gasteiger partial charge in [0, 0.05) is 20.2 Å². The number of aliphatic imine (C=N–C) groups is 1. The molecule has 0 saturated carbocycles. The van der Waals surface area contributed by atoms with Gasteiger partial charge in [0.05, 0.1) is 13.1 Å². The number of guanidine groups is 1. The molecule has 2 N–H and O–H groups in total. The molecule has 1 heterocycles. The van der Waals surface area contributed by atoms with Gasteiger partial charge < -0.3 is 15.4 Å². The highest BCUT2D eigenvalue weighted by molar-refractivity contribution is 5.79. The number of benzene rings is 1. The van der Waals surface area contributed by atoms with E-state index in [1.54, 1.807) is 23.9 Å². The Morgan fingerprint density at radius 3 is 2.95 bits per heavy atom. The summed E-state index contributed by atoms with van der Waals surface area (Å²) in [6.07, 6.45) is 1.50. The number of hydrogen-bond donors (Lipinski definition) is 2. The van der Waals surface area contributed by atoms with Crippen molar-refractivity contribution in [1.82, 2.24) is 25.4 Å². The smallest absolute Gasteiger partial charge is 0.191 e. The number of aromatic nitrogens is 3. The van der Waals surface area contributed by atoms with Crippen molar-refractivity contribution in [1.29, 1.82) is 0 Å². The number of halogens is 1. The molecule has 2 rings (SSSR count). The van der Waals surface area contributed by atoms with Crippen LogP contribution in [0.2, 0.25) is 0 Å². The lowest BCUT2D eigenvalue weighted by atomic mass is 10.3. The summed E-state index contributed by atoms with van der Waals surface area (Å²) in [5, 5.41) is 10.2. The zero-order valence-corrected chi connectivity index (χ0v) is 12.6. The Morgan fingerprint density at radius 2 is 2.27 bits per heavy atom. The lowest BCUT2D eigenvalue weighted by Gasteiger charge is -2.12. The van der Waals surface area contributed by atoms with Crippen molar-refractivity contribution in [2.45, 2.75) is 6.54 Å². The number of ether oxygens (including phenoxy) is 1. The van der Waals surface area contributed by atoms with Gasteiger partial charge in [0.25, 0.3) is 0 Å². The minimum absolute atomic E-state index is 0.313. The first-order valence-electron chi connectivity index (χ1n) is 6.85. The van der Waals surface area contributed by atoms with E-state index in [-0.39, 0.29) is 5.82 Å². The minimum atomic E-state index is -0.313. The highest BCUT2D eigenvalue weighted by Crippen LogP contribution is 2.11. The van der Waals surface area contributed by atoms with Crippen LogP contribution in [0.5, 0.6) is 5.75 Å². The van der Waals surface area contributed by atoms with E-state index in [2.05, 4.69) is 25.7 Å². The number of rotatable bonds is 6. The van der Waals surface area contributed by atoms with Gasteiger partial charge in [-0.2, -0.15) is 5.10 Å². The number of nitrogens with zero attached hydrogens (tertiary/aromatic N) is 4. The third kappa shape index (κ3) is 4.72. The fraction of sp³-hybridized carbons (Fsp3) is 0.357. The second-order valence-electron chi connectivity index (χ2n) is 4.46. The molecule has 0 radical (unpaired) electrons. The molecule has 0 unspecified atom stereocenters. The van der Waals surface area contributed by atoms with E-state index in [0.29, 0.717) is 31.4 Å². The first kappa shape index (κ1) is 15.7. The van der Waals surface area contributed by atoms with E-state index < -0.39 is 0 Å². The molecule has 1 aromatic carbocycles. The number of aryl methyl sites for hydroxylation is 1. The van der Waals surface area contributed by atoms with Gasteiger partial charge in [-0.25, -0.2) is 9.37 Å². The Morgan fingerprint density at radius 1 is 1.41 bits per heavy atom. The van der Waals surface area contributed by atoms with Crippen LogP contribution in [0.15, 0.2) is 35.6 Å². The Kier molecular flexibility index (Phi) is 5.70. The van der Waals surface area contributed by atoms with Gasteiger partial charge in [0.1, 0.15) is 30.3 Å². The van der Waals surface area contributed by atoms with E-state index in [4.69, 9.17) is 4.74 Å². The molecule has 22 heavy (non-hydrogen) atoms. The average molecular weight is 306 g/mol. The molecule has 0 fully saturated rings. The summed E-state index contributed by atoms with van der Waals surface area (Å²) in [5.74, 6) is 1.63. The summed E-state index contributed by atoms with van der Waals surface area (Å²) in [5.41, 5.74) is 0. The monoisotopic (exact) mass is 306 g/mol. The van der Waals surface area contributed by atoms with Gasteiger partial charge in [0.2, 0.25) is 0 Å². The molecule has 0 spiro atoms. The maximum Gasteiger partial charge on any atom is 0.191 e. The maximum absolute atomic E-state index is 13.0. The zero-order valence-electron chi connectivity index (χ0n) is 12.6. The van der Waals surface area contributed by atoms with Crippen molar-refractivity contribution >= 4 is 5.96 Å². The van der Waals surface area contributed by atoms with Crippen LogP contribution in [0, 0.1) is 5.82 Å². The number of hydrogen-bond acceptors (Lipinski definition) is 4. The first-order valence-corrected chi connectivity index (χ1v) is 6.85. The normalized spacial score (nSPS) is 11.3. The summed E-state index contributed by atoms with van der Waals surface area (Å²) in [7, 11) is 3.51. The highest BCUT2D eigenvalue weighted by atomic mass is 19.1. The predicted molar refractivity (Wildman–Crippen MR) is 81.1 cm³/mol. The number of nitrogens with one attached hydrogen (secondary N) is 2. The molecule has 2 aromatic rings. The molecule has 0 aliphatic carbocycles. The summed E-state index contributed by atoms with van der Waals surface area (Å²) in [4.78, 5) is 8.21. The predicted octanol–water partition coefficient (Wildman–Crippen LogP) is 0.698. The molecule has 0 aliphatic rings. The van der Waals surface area contributed by atoms with Crippen LogP contribution < -0.4 is 15.4 Å². The van der Waals surface area contributed by atoms with Gasteiger partial charge in [-0.3, -0.25) is 9.67 Å². The van der Waals surface area contributed by atoms with Crippen molar-refractivity contribution in [2.24, 2.45) is 12.0 Å². The van der Waals surface area contributed by atoms with Gasteiger partial charge in [0.15, 0.2) is 5.96 Å². The molecule has 7 nitrogen and oxygen atoms in total. The fourth-order valence-electron chi connectivity index (χ4n) is 1.76. The average Bonchev–Trinajstić information content (AvgIpc) is 2.92. The van der Waals surface area contributed by atoms with E-state index >= 15 is 0 Å². The molecule has 8 heteroatoms. The topological polar surface area (TPSA) is 76.4 Å². The third-order valence-electron chi connectivity index (χ3n) is 2.90. The van der Waals surface area contributed by atoms with Crippen molar-refractivity contribution < 1.29 is 9.13 Å². The van der Waals surface area contributed by atoms with E-state index in [1.165, 1.54) is 18.5 Å². The molecule has 118 valence electrons. The molecule has 0 atom stereocenters. The minimum Gasteiger partial charge on any atom is -0.492 e. The largest absolute Gasteiger partial charge is 0.492 e. The van der Waals surface area contributed by atoms with Crippen molar-refractivity contribution in [3.8, 4) is 5.75 Å². The first-order chi connectivity index (χ1) is 10.7. The SMILES string of the molecule is CN=C(NCCOc1cccc(F)c1)NCc1ncnn1C. The fourth-order valence-corrected chi connectivity index (χ4v) is 1.76. The van der Waals surface area contributed by atoms with Crippen LogP contribution in [-0.4, -0.2) is 40.9 Å². The Hall–Kier alpha value is -2.64. The van der Waals surface area contributed by atoms with Crippen molar-refractivity contribution in [3.63, 3.8) is 0 Å². The highest BCUT2D eigenvalue weighted by Gasteiger charge is 2.02. The van der Waals surface area contributed by atoms with Gasteiger partial charge >= 0.3 is 0 Å². The second-order valence-corrected chi connectivity index (χ2v) is 4.46. The lowest BCUT2D eigenvalue weighted by molar-refractivity contribution is 0.320. The Bertz CT molecular complexity index is 627. The van der Waals surface area contributed by atoms with Crippen molar-refractivity contribution in [3.05, 3.63) is 42.2 Å². The van der Waals surface area contributed by atoms with Crippen LogP contribution in [0.1, 0.15) is 5.82 Å². The zero-order chi connectivity index (χ0) is 15.8. The van der Waals surface area contributed by atoms with E-state index in [9.17, 15) is 4.39 Å². The summed E-state index contributed by atoms with van der Waals surface area (Å²) < 4.78 is 20.1. The summed E-state index contributed by atoms with van der Waals surface area (Å²) in [6.45, 7) is 1.45. The quantitative estimate of drug-likeness (QED) is 0.467. The van der Waals surface area contributed by atoms with Gasteiger partial charge in [-0.05, 0) is 12.1 Å². The molecule has 0 bridgehead atoms. The maximum atomic E-state index is 13.0. The van der Waals surface area contributed by atoms with Crippen LogP contribution in [0.4, 0.5) is 4.39 Å². The lowest BCUT2D eigenvalue weighted by Crippen LogP contribution is -2.39. The van der Waals surface area contributed by atoms with E-state index in [0.717, 1.165) is 5.82 Å².